The normalized spacial score (nSPS) is 10.8. The van der Waals surface area contributed by atoms with Crippen LogP contribution >= 0.6 is 0 Å². The largest absolute Gasteiger partial charge is 0.481 e. The molecule has 0 fully saturated rings. The molecule has 0 aliphatic carbocycles. The lowest BCUT2D eigenvalue weighted by atomic mass is 10.2. The van der Waals surface area contributed by atoms with Gasteiger partial charge in [0.1, 0.15) is 0 Å². The number of hydrogen-bond donors (Lipinski definition) is 3. The number of carboxylic acids is 1. The number of imidazole rings is 1. The molecule has 17 heavy (non-hydrogen) atoms. The third-order valence-corrected chi connectivity index (χ3v) is 2.56. The highest BCUT2D eigenvalue weighted by atomic mass is 16.4. The smallest absolute Gasteiger partial charge is 0.303 e. The first-order valence-electron chi connectivity index (χ1n) is 5.60. The van der Waals surface area contributed by atoms with Crippen molar-refractivity contribution >= 4 is 17.0 Å². The zero-order chi connectivity index (χ0) is 12.1. The van der Waals surface area contributed by atoms with Crippen LogP contribution in [0.1, 0.15) is 18.4 Å². The molecular formula is C12H15N3O2. The maximum Gasteiger partial charge on any atom is 0.303 e. The van der Waals surface area contributed by atoms with Gasteiger partial charge in [-0.3, -0.25) is 4.79 Å². The average molecular weight is 233 g/mol. The summed E-state index contributed by atoms with van der Waals surface area (Å²) in [6, 6.07) is 6.04. The maximum absolute atomic E-state index is 10.3. The lowest BCUT2D eigenvalue weighted by molar-refractivity contribution is -0.137. The molecule has 0 spiro atoms. The molecule has 5 heteroatoms. The first-order valence-corrected chi connectivity index (χ1v) is 5.60. The Kier molecular flexibility index (Phi) is 3.72. The number of carboxylic acid groups (broad SMARTS) is 1. The fourth-order valence-corrected chi connectivity index (χ4v) is 1.69. The number of aromatic amines is 1. The van der Waals surface area contributed by atoms with E-state index in [0.717, 1.165) is 23.1 Å². The summed E-state index contributed by atoms with van der Waals surface area (Å²) in [5.41, 5.74) is 3.14. The summed E-state index contributed by atoms with van der Waals surface area (Å²) < 4.78 is 0. The van der Waals surface area contributed by atoms with Gasteiger partial charge in [0, 0.05) is 13.0 Å². The number of aromatic nitrogens is 2. The molecule has 3 N–H and O–H groups in total. The molecular weight excluding hydrogens is 218 g/mol. The number of hydrogen-bond acceptors (Lipinski definition) is 3. The van der Waals surface area contributed by atoms with E-state index in [1.54, 1.807) is 6.33 Å². The first kappa shape index (κ1) is 11.6. The van der Waals surface area contributed by atoms with Gasteiger partial charge in [-0.25, -0.2) is 4.98 Å². The van der Waals surface area contributed by atoms with Crippen molar-refractivity contribution in [3.63, 3.8) is 0 Å². The van der Waals surface area contributed by atoms with Crippen molar-refractivity contribution < 1.29 is 9.90 Å². The number of carbonyl (C=O) groups is 1. The molecule has 2 aromatic rings. The van der Waals surface area contributed by atoms with Crippen LogP contribution in [0.2, 0.25) is 0 Å². The Labute approximate surface area is 98.9 Å². The predicted molar refractivity (Wildman–Crippen MR) is 64.7 cm³/mol. The molecule has 0 saturated heterocycles. The van der Waals surface area contributed by atoms with Crippen LogP contribution in [-0.2, 0) is 11.3 Å². The van der Waals surface area contributed by atoms with Crippen LogP contribution in [0.5, 0.6) is 0 Å². The van der Waals surface area contributed by atoms with Crippen molar-refractivity contribution in [3.8, 4) is 0 Å². The number of nitrogens with zero attached hydrogens (tertiary/aromatic N) is 1. The number of fused-ring (bicyclic) bond motifs is 1. The summed E-state index contributed by atoms with van der Waals surface area (Å²) in [5.74, 6) is -0.745. The highest BCUT2D eigenvalue weighted by Crippen LogP contribution is 2.11. The van der Waals surface area contributed by atoms with Crippen LogP contribution in [0, 0.1) is 0 Å². The number of aliphatic carboxylic acids is 1. The van der Waals surface area contributed by atoms with Crippen LogP contribution in [0.25, 0.3) is 11.0 Å². The highest BCUT2D eigenvalue weighted by Gasteiger charge is 1.99. The molecule has 0 amide bonds. The SMILES string of the molecule is O=C(O)CCCNCc1ccc2nc[nH]c2c1. The summed E-state index contributed by atoms with van der Waals surface area (Å²) in [4.78, 5) is 17.5. The number of nitrogens with one attached hydrogen (secondary N) is 2. The molecule has 5 nitrogen and oxygen atoms in total. The van der Waals surface area contributed by atoms with Gasteiger partial charge < -0.3 is 15.4 Å². The van der Waals surface area contributed by atoms with Gasteiger partial charge in [0.05, 0.1) is 17.4 Å². The molecule has 0 aliphatic rings. The minimum atomic E-state index is -0.745. The van der Waals surface area contributed by atoms with Gasteiger partial charge in [0.25, 0.3) is 0 Å². The second kappa shape index (κ2) is 5.45. The first-order chi connectivity index (χ1) is 8.25. The van der Waals surface area contributed by atoms with Crippen molar-refractivity contribution in [2.45, 2.75) is 19.4 Å². The number of H-pyrrole nitrogens is 1. The topological polar surface area (TPSA) is 78.0 Å². The van der Waals surface area contributed by atoms with Crippen LogP contribution in [0.4, 0.5) is 0 Å². The molecule has 2 rings (SSSR count). The van der Waals surface area contributed by atoms with Gasteiger partial charge in [-0.15, -0.1) is 0 Å². The van der Waals surface area contributed by atoms with Crippen LogP contribution in [0.15, 0.2) is 24.5 Å². The second-order valence-electron chi connectivity index (χ2n) is 3.93. The Balaban J connectivity index is 1.80. The quantitative estimate of drug-likeness (QED) is 0.661. The van der Waals surface area contributed by atoms with E-state index in [-0.39, 0.29) is 6.42 Å². The van der Waals surface area contributed by atoms with Gasteiger partial charge in [-0.1, -0.05) is 6.07 Å². The lowest BCUT2D eigenvalue weighted by Gasteiger charge is -2.03. The standard InChI is InChI=1S/C12H15N3O2/c16-12(17)2-1-5-13-7-9-3-4-10-11(6-9)15-8-14-10/h3-4,6,8,13H,1-2,5,7H2,(H,14,15)(H,16,17). The van der Waals surface area contributed by atoms with E-state index in [0.29, 0.717) is 13.0 Å². The zero-order valence-corrected chi connectivity index (χ0v) is 9.44. The Bertz CT molecular complexity index is 507. The number of benzene rings is 1. The monoisotopic (exact) mass is 233 g/mol. The summed E-state index contributed by atoms with van der Waals surface area (Å²) in [6.07, 6.45) is 2.54. The van der Waals surface area contributed by atoms with E-state index < -0.39 is 5.97 Å². The summed E-state index contributed by atoms with van der Waals surface area (Å²) >= 11 is 0. The van der Waals surface area contributed by atoms with Crippen molar-refractivity contribution in [1.82, 2.24) is 15.3 Å². The molecule has 0 unspecified atom stereocenters. The van der Waals surface area contributed by atoms with Gasteiger partial charge in [-0.2, -0.15) is 0 Å². The van der Waals surface area contributed by atoms with Gasteiger partial charge in [0.2, 0.25) is 0 Å². The van der Waals surface area contributed by atoms with E-state index in [1.807, 2.05) is 18.2 Å². The Morgan fingerprint density at radius 2 is 2.35 bits per heavy atom. The maximum atomic E-state index is 10.3. The highest BCUT2D eigenvalue weighted by molar-refractivity contribution is 5.75. The predicted octanol–water partition coefficient (Wildman–Crippen LogP) is 1.52. The van der Waals surface area contributed by atoms with E-state index in [1.165, 1.54) is 0 Å². The number of rotatable bonds is 6. The van der Waals surface area contributed by atoms with Crippen LogP contribution in [0.3, 0.4) is 0 Å². The zero-order valence-electron chi connectivity index (χ0n) is 9.44. The van der Waals surface area contributed by atoms with Gasteiger partial charge in [0.15, 0.2) is 0 Å². The molecule has 1 aromatic heterocycles. The molecule has 0 aliphatic heterocycles. The summed E-state index contributed by atoms with van der Waals surface area (Å²) in [6.45, 7) is 1.46. The molecule has 90 valence electrons. The fraction of sp³-hybridized carbons (Fsp3) is 0.333. The van der Waals surface area contributed by atoms with E-state index in [2.05, 4.69) is 15.3 Å². The Morgan fingerprint density at radius 1 is 1.47 bits per heavy atom. The van der Waals surface area contributed by atoms with Crippen molar-refractivity contribution in [2.75, 3.05) is 6.54 Å². The van der Waals surface area contributed by atoms with E-state index in [4.69, 9.17) is 5.11 Å². The van der Waals surface area contributed by atoms with Gasteiger partial charge in [-0.05, 0) is 30.7 Å². The van der Waals surface area contributed by atoms with E-state index in [9.17, 15) is 4.79 Å². The molecule has 1 heterocycles. The van der Waals surface area contributed by atoms with Crippen LogP contribution in [-0.4, -0.2) is 27.6 Å². The lowest BCUT2D eigenvalue weighted by Crippen LogP contribution is -2.15. The Morgan fingerprint density at radius 3 is 3.18 bits per heavy atom. The van der Waals surface area contributed by atoms with Crippen molar-refractivity contribution in [3.05, 3.63) is 30.1 Å². The van der Waals surface area contributed by atoms with Gasteiger partial charge >= 0.3 is 5.97 Å². The summed E-state index contributed by atoms with van der Waals surface area (Å²) in [5, 5.41) is 11.7. The second-order valence-corrected chi connectivity index (χ2v) is 3.93. The molecule has 0 saturated carbocycles. The van der Waals surface area contributed by atoms with E-state index >= 15 is 0 Å². The Hall–Kier alpha value is -1.88. The fourth-order valence-electron chi connectivity index (χ4n) is 1.69. The minimum absolute atomic E-state index is 0.215. The van der Waals surface area contributed by atoms with Crippen LogP contribution < -0.4 is 5.32 Å². The molecule has 0 radical (unpaired) electrons. The van der Waals surface area contributed by atoms with Crippen molar-refractivity contribution in [1.29, 1.82) is 0 Å². The average Bonchev–Trinajstić information content (AvgIpc) is 2.75. The summed E-state index contributed by atoms with van der Waals surface area (Å²) in [7, 11) is 0. The third kappa shape index (κ3) is 3.29. The molecule has 0 atom stereocenters. The van der Waals surface area contributed by atoms with Crippen molar-refractivity contribution in [2.24, 2.45) is 0 Å². The third-order valence-electron chi connectivity index (χ3n) is 2.56. The molecule has 1 aromatic carbocycles. The minimum Gasteiger partial charge on any atom is -0.481 e. The molecule has 0 bridgehead atoms.